The smallest absolute Gasteiger partial charge is 0.205 e. The van der Waals surface area contributed by atoms with Gasteiger partial charge >= 0.3 is 0 Å². The molecule has 0 saturated carbocycles. The van der Waals surface area contributed by atoms with E-state index in [2.05, 4.69) is 6.92 Å². The maximum Gasteiger partial charge on any atom is 0.205 e. The van der Waals surface area contributed by atoms with E-state index in [1.165, 1.54) is 0 Å². The zero-order valence-corrected chi connectivity index (χ0v) is 9.46. The Morgan fingerprint density at radius 1 is 1.40 bits per heavy atom. The molecule has 3 nitrogen and oxygen atoms in total. The molecule has 1 heterocycles. The Kier molecular flexibility index (Phi) is 2.35. The van der Waals surface area contributed by atoms with Gasteiger partial charge in [0.15, 0.2) is 0 Å². The Labute approximate surface area is 90.2 Å². The summed E-state index contributed by atoms with van der Waals surface area (Å²) in [6.45, 7) is 6.51. The van der Waals surface area contributed by atoms with Gasteiger partial charge in [-0.1, -0.05) is 6.92 Å². The van der Waals surface area contributed by atoms with Crippen LogP contribution >= 0.6 is 0 Å². The Morgan fingerprint density at radius 3 is 2.80 bits per heavy atom. The average Bonchev–Trinajstić information content (AvgIpc) is 2.17. The third-order valence-electron chi connectivity index (χ3n) is 2.57. The fourth-order valence-corrected chi connectivity index (χ4v) is 1.81. The first-order valence-electron chi connectivity index (χ1n) is 5.26. The van der Waals surface area contributed by atoms with Gasteiger partial charge in [-0.15, -0.1) is 0 Å². The molecule has 0 bridgehead atoms. The van der Waals surface area contributed by atoms with Gasteiger partial charge < -0.3 is 15.2 Å². The second-order valence-corrected chi connectivity index (χ2v) is 4.31. The molecule has 2 N–H and O–H groups in total. The molecule has 0 unspecified atom stereocenters. The SMILES string of the molecule is CCc1cc(N)cc2c1OC(C)(C)OC2. The van der Waals surface area contributed by atoms with Gasteiger partial charge in [0.1, 0.15) is 5.75 Å². The zero-order valence-electron chi connectivity index (χ0n) is 9.46. The summed E-state index contributed by atoms with van der Waals surface area (Å²) in [7, 11) is 0. The number of rotatable bonds is 1. The third kappa shape index (κ3) is 1.92. The lowest BCUT2D eigenvalue weighted by Crippen LogP contribution is -2.35. The van der Waals surface area contributed by atoms with Crippen molar-refractivity contribution in [2.75, 3.05) is 5.73 Å². The number of nitrogen functional groups attached to an aromatic ring is 1. The number of fused-ring (bicyclic) bond motifs is 1. The first-order valence-corrected chi connectivity index (χ1v) is 5.26. The van der Waals surface area contributed by atoms with Crippen LogP contribution in [0.5, 0.6) is 5.75 Å². The summed E-state index contributed by atoms with van der Waals surface area (Å²) in [4.78, 5) is 0. The minimum Gasteiger partial charge on any atom is -0.462 e. The molecule has 0 fully saturated rings. The molecule has 1 aromatic carbocycles. The average molecular weight is 207 g/mol. The summed E-state index contributed by atoms with van der Waals surface area (Å²) in [6, 6.07) is 3.89. The highest BCUT2D eigenvalue weighted by Gasteiger charge is 2.28. The lowest BCUT2D eigenvalue weighted by molar-refractivity contribution is -0.180. The maximum absolute atomic E-state index is 5.82. The molecular weight excluding hydrogens is 190 g/mol. The van der Waals surface area contributed by atoms with Crippen molar-refractivity contribution in [3.8, 4) is 5.75 Å². The molecule has 1 aliphatic rings. The maximum atomic E-state index is 5.82. The summed E-state index contributed by atoms with van der Waals surface area (Å²) in [5, 5.41) is 0. The molecule has 0 spiro atoms. The van der Waals surface area contributed by atoms with Crippen LogP contribution in [0.3, 0.4) is 0 Å². The van der Waals surface area contributed by atoms with Crippen LogP contribution in [0.4, 0.5) is 5.69 Å². The van der Waals surface area contributed by atoms with Gasteiger partial charge in [-0.25, -0.2) is 0 Å². The normalized spacial score (nSPS) is 18.1. The standard InChI is InChI=1S/C12H17NO2/c1-4-8-5-10(13)6-9-7-14-12(2,3)15-11(8)9/h5-6H,4,7,13H2,1-3H3. The van der Waals surface area contributed by atoms with Gasteiger partial charge in [-0.05, 0) is 24.1 Å². The van der Waals surface area contributed by atoms with Crippen molar-refractivity contribution < 1.29 is 9.47 Å². The molecule has 0 radical (unpaired) electrons. The van der Waals surface area contributed by atoms with Crippen molar-refractivity contribution in [3.63, 3.8) is 0 Å². The van der Waals surface area contributed by atoms with Crippen LogP contribution in [0.15, 0.2) is 12.1 Å². The number of benzene rings is 1. The summed E-state index contributed by atoms with van der Waals surface area (Å²) >= 11 is 0. The van der Waals surface area contributed by atoms with Crippen molar-refractivity contribution in [3.05, 3.63) is 23.3 Å². The number of anilines is 1. The molecule has 0 aromatic heterocycles. The summed E-state index contributed by atoms with van der Waals surface area (Å²) in [5.74, 6) is 0.412. The summed E-state index contributed by atoms with van der Waals surface area (Å²) in [5.41, 5.74) is 8.79. The number of hydrogen-bond donors (Lipinski definition) is 1. The van der Waals surface area contributed by atoms with Crippen LogP contribution in [0, 0.1) is 0 Å². The van der Waals surface area contributed by atoms with E-state index in [9.17, 15) is 0 Å². The van der Waals surface area contributed by atoms with Crippen molar-refractivity contribution >= 4 is 5.69 Å². The molecule has 1 aromatic rings. The highest BCUT2D eigenvalue weighted by Crippen LogP contribution is 2.36. The van der Waals surface area contributed by atoms with Crippen LogP contribution < -0.4 is 10.5 Å². The minimum absolute atomic E-state index is 0.535. The van der Waals surface area contributed by atoms with Crippen LogP contribution in [0.1, 0.15) is 31.9 Å². The predicted molar refractivity (Wildman–Crippen MR) is 59.7 cm³/mol. The van der Waals surface area contributed by atoms with Crippen LogP contribution in [0.2, 0.25) is 0 Å². The van der Waals surface area contributed by atoms with Crippen LogP contribution in [0.25, 0.3) is 0 Å². The van der Waals surface area contributed by atoms with E-state index < -0.39 is 5.79 Å². The monoisotopic (exact) mass is 207 g/mol. The number of ether oxygens (including phenoxy) is 2. The number of hydrogen-bond acceptors (Lipinski definition) is 3. The van der Waals surface area contributed by atoms with Gasteiger partial charge in [-0.2, -0.15) is 0 Å². The van der Waals surface area contributed by atoms with Gasteiger partial charge in [-0.3, -0.25) is 0 Å². The zero-order chi connectivity index (χ0) is 11.1. The summed E-state index contributed by atoms with van der Waals surface area (Å²) < 4.78 is 11.4. The largest absolute Gasteiger partial charge is 0.462 e. The van der Waals surface area contributed by atoms with E-state index in [-0.39, 0.29) is 0 Å². The molecule has 1 aliphatic heterocycles. The molecule has 3 heteroatoms. The Balaban J connectivity index is 2.48. The lowest BCUT2D eigenvalue weighted by atomic mass is 10.0. The van der Waals surface area contributed by atoms with Gasteiger partial charge in [0.25, 0.3) is 0 Å². The topological polar surface area (TPSA) is 44.5 Å². The van der Waals surface area contributed by atoms with Gasteiger partial charge in [0, 0.05) is 25.1 Å². The third-order valence-corrected chi connectivity index (χ3v) is 2.57. The minimum atomic E-state index is -0.535. The Hall–Kier alpha value is -1.22. The first kappa shape index (κ1) is 10.3. The molecule has 0 amide bonds. The van der Waals surface area contributed by atoms with Crippen LogP contribution in [-0.2, 0) is 17.8 Å². The van der Waals surface area contributed by atoms with E-state index in [1.54, 1.807) is 0 Å². The number of nitrogens with two attached hydrogens (primary N) is 1. The van der Waals surface area contributed by atoms with Crippen molar-refractivity contribution in [1.82, 2.24) is 0 Å². The Bertz CT molecular complexity index is 368. The van der Waals surface area contributed by atoms with E-state index >= 15 is 0 Å². The quantitative estimate of drug-likeness (QED) is 0.719. The van der Waals surface area contributed by atoms with E-state index in [0.717, 1.165) is 29.0 Å². The fourth-order valence-electron chi connectivity index (χ4n) is 1.81. The highest BCUT2D eigenvalue weighted by atomic mass is 16.7. The summed E-state index contributed by atoms with van der Waals surface area (Å²) in [6.07, 6.45) is 0.920. The van der Waals surface area contributed by atoms with Gasteiger partial charge in [0.05, 0.1) is 6.61 Å². The van der Waals surface area contributed by atoms with Gasteiger partial charge in [0.2, 0.25) is 5.79 Å². The lowest BCUT2D eigenvalue weighted by Gasteiger charge is -2.34. The number of aryl methyl sites for hydroxylation is 1. The van der Waals surface area contributed by atoms with E-state index in [0.29, 0.717) is 6.61 Å². The molecular formula is C12H17NO2. The molecule has 0 saturated heterocycles. The molecule has 0 atom stereocenters. The van der Waals surface area contributed by atoms with Crippen molar-refractivity contribution in [1.29, 1.82) is 0 Å². The fraction of sp³-hybridized carbons (Fsp3) is 0.500. The predicted octanol–water partition coefficient (Wildman–Crippen LogP) is 2.48. The van der Waals surface area contributed by atoms with Crippen LogP contribution in [-0.4, -0.2) is 5.79 Å². The molecule has 15 heavy (non-hydrogen) atoms. The second-order valence-electron chi connectivity index (χ2n) is 4.31. The first-order chi connectivity index (χ1) is 7.02. The second kappa shape index (κ2) is 3.42. The van der Waals surface area contributed by atoms with E-state index in [1.807, 2.05) is 26.0 Å². The highest BCUT2D eigenvalue weighted by molar-refractivity contribution is 5.53. The van der Waals surface area contributed by atoms with Crippen molar-refractivity contribution in [2.45, 2.75) is 39.6 Å². The molecule has 2 rings (SSSR count). The molecule has 0 aliphatic carbocycles. The molecule has 82 valence electrons. The Morgan fingerprint density at radius 2 is 2.13 bits per heavy atom. The van der Waals surface area contributed by atoms with Crippen molar-refractivity contribution in [2.24, 2.45) is 0 Å². The van der Waals surface area contributed by atoms with E-state index in [4.69, 9.17) is 15.2 Å².